The first-order valence-corrected chi connectivity index (χ1v) is 12.1. The van der Waals surface area contributed by atoms with Crippen molar-refractivity contribution in [3.05, 3.63) is 71.0 Å². The molecule has 174 valence electrons. The van der Waals surface area contributed by atoms with Crippen molar-refractivity contribution in [2.45, 2.75) is 37.0 Å². The van der Waals surface area contributed by atoms with E-state index in [9.17, 15) is 14.0 Å². The van der Waals surface area contributed by atoms with E-state index in [0.29, 0.717) is 25.1 Å². The van der Waals surface area contributed by atoms with Crippen LogP contribution in [-0.4, -0.2) is 72.8 Å². The highest BCUT2D eigenvalue weighted by Crippen LogP contribution is 2.52. The number of hydrogen-bond donors (Lipinski definition) is 0. The molecule has 1 unspecified atom stereocenters. The molecular weight excluding hydrogens is 417 g/mol. The number of carbonyl (C=O) groups excluding carboxylic acids is 2. The second kappa shape index (κ2) is 8.90. The SMILES string of the molecule is CN1CCN(C(=O)CC2CC3(CCN(C(=O)c4cccc(F)c4)CC3)c3ccccc32)CC1. The number of hydrogen-bond acceptors (Lipinski definition) is 3. The number of piperidine rings is 1. The molecule has 2 fully saturated rings. The predicted octanol–water partition coefficient (Wildman–Crippen LogP) is 3.65. The van der Waals surface area contributed by atoms with Crippen molar-refractivity contribution in [3.8, 4) is 0 Å². The molecule has 0 radical (unpaired) electrons. The van der Waals surface area contributed by atoms with Gasteiger partial charge in [-0.1, -0.05) is 30.3 Å². The smallest absolute Gasteiger partial charge is 0.253 e. The van der Waals surface area contributed by atoms with Gasteiger partial charge in [-0.05, 0) is 67.0 Å². The maximum atomic E-state index is 13.6. The Hall–Kier alpha value is -2.73. The topological polar surface area (TPSA) is 43.9 Å². The Kier molecular flexibility index (Phi) is 5.95. The van der Waals surface area contributed by atoms with Gasteiger partial charge in [0, 0.05) is 51.3 Å². The molecule has 1 spiro atoms. The molecule has 5 rings (SSSR count). The fraction of sp³-hybridized carbons (Fsp3) is 0.481. The first-order valence-electron chi connectivity index (χ1n) is 12.1. The van der Waals surface area contributed by atoms with E-state index < -0.39 is 0 Å². The van der Waals surface area contributed by atoms with Gasteiger partial charge in [0.25, 0.3) is 5.91 Å². The largest absolute Gasteiger partial charge is 0.340 e. The summed E-state index contributed by atoms with van der Waals surface area (Å²) in [6, 6.07) is 14.5. The standard InChI is InChI=1S/C27H32FN3O2/c1-29-13-15-30(16-14-29)25(32)18-21-19-27(24-8-3-2-7-23(21)24)9-11-31(12-10-27)26(33)20-5-4-6-22(28)17-20/h2-8,17,21H,9-16,18-19H2,1H3. The Morgan fingerprint density at radius 2 is 1.67 bits per heavy atom. The van der Waals surface area contributed by atoms with Crippen LogP contribution >= 0.6 is 0 Å². The number of benzene rings is 2. The van der Waals surface area contributed by atoms with Gasteiger partial charge in [0.2, 0.25) is 5.91 Å². The van der Waals surface area contributed by atoms with E-state index in [0.717, 1.165) is 45.4 Å². The Morgan fingerprint density at radius 1 is 0.939 bits per heavy atom. The fourth-order valence-corrected chi connectivity index (χ4v) is 6.02. The van der Waals surface area contributed by atoms with Crippen molar-refractivity contribution >= 4 is 11.8 Å². The van der Waals surface area contributed by atoms with Gasteiger partial charge in [-0.25, -0.2) is 4.39 Å². The average molecular weight is 450 g/mol. The summed E-state index contributed by atoms with van der Waals surface area (Å²) >= 11 is 0. The average Bonchev–Trinajstić information content (AvgIpc) is 3.12. The highest BCUT2D eigenvalue weighted by molar-refractivity contribution is 5.94. The minimum absolute atomic E-state index is 0.0162. The van der Waals surface area contributed by atoms with Gasteiger partial charge in [-0.2, -0.15) is 0 Å². The van der Waals surface area contributed by atoms with Crippen LogP contribution in [0, 0.1) is 5.82 Å². The highest BCUT2D eigenvalue weighted by Gasteiger charge is 2.46. The van der Waals surface area contributed by atoms with Gasteiger partial charge in [0.05, 0.1) is 0 Å². The van der Waals surface area contributed by atoms with E-state index in [-0.39, 0.29) is 29.0 Å². The summed E-state index contributed by atoms with van der Waals surface area (Å²) in [4.78, 5) is 32.1. The lowest BCUT2D eigenvalue weighted by molar-refractivity contribution is -0.133. The molecule has 5 nitrogen and oxygen atoms in total. The van der Waals surface area contributed by atoms with E-state index in [2.05, 4.69) is 36.2 Å². The normalized spacial score (nSPS) is 22.4. The Bertz CT molecular complexity index is 1040. The summed E-state index contributed by atoms with van der Waals surface area (Å²) in [6.07, 6.45) is 3.29. The van der Waals surface area contributed by atoms with Crippen LogP contribution in [0.15, 0.2) is 48.5 Å². The number of piperazine rings is 1. The molecule has 3 aliphatic rings. The molecule has 1 atom stereocenters. The molecule has 2 aromatic rings. The maximum absolute atomic E-state index is 13.6. The zero-order valence-corrected chi connectivity index (χ0v) is 19.3. The number of fused-ring (bicyclic) bond motifs is 2. The molecule has 1 aliphatic carbocycles. The molecule has 33 heavy (non-hydrogen) atoms. The van der Waals surface area contributed by atoms with Crippen LogP contribution in [0.2, 0.25) is 0 Å². The van der Waals surface area contributed by atoms with E-state index in [1.807, 2.05) is 9.80 Å². The Morgan fingerprint density at radius 3 is 2.39 bits per heavy atom. The van der Waals surface area contributed by atoms with Crippen molar-refractivity contribution in [2.24, 2.45) is 0 Å². The van der Waals surface area contributed by atoms with Gasteiger partial charge in [-0.3, -0.25) is 9.59 Å². The number of amides is 2. The molecule has 2 aliphatic heterocycles. The zero-order chi connectivity index (χ0) is 23.0. The number of likely N-dealkylation sites (tertiary alicyclic amines) is 1. The van der Waals surface area contributed by atoms with Crippen molar-refractivity contribution in [1.82, 2.24) is 14.7 Å². The van der Waals surface area contributed by atoms with Crippen molar-refractivity contribution in [1.29, 1.82) is 0 Å². The maximum Gasteiger partial charge on any atom is 0.253 e. The third-order valence-corrected chi connectivity index (χ3v) is 7.97. The minimum Gasteiger partial charge on any atom is -0.340 e. The molecule has 0 aromatic heterocycles. The molecule has 0 bridgehead atoms. The van der Waals surface area contributed by atoms with E-state index in [1.54, 1.807) is 12.1 Å². The molecule has 0 saturated carbocycles. The summed E-state index contributed by atoms with van der Waals surface area (Å²) in [7, 11) is 2.10. The predicted molar refractivity (Wildman–Crippen MR) is 126 cm³/mol. The van der Waals surface area contributed by atoms with Gasteiger partial charge in [-0.15, -0.1) is 0 Å². The lowest BCUT2D eigenvalue weighted by atomic mass is 9.73. The molecule has 2 heterocycles. The van der Waals surface area contributed by atoms with Crippen LogP contribution in [-0.2, 0) is 10.2 Å². The second-order valence-electron chi connectivity index (χ2n) is 9.96. The molecule has 0 N–H and O–H groups in total. The van der Waals surface area contributed by atoms with Gasteiger partial charge in [0.1, 0.15) is 5.82 Å². The number of nitrogens with zero attached hydrogens (tertiary/aromatic N) is 3. The summed E-state index contributed by atoms with van der Waals surface area (Å²) in [5.41, 5.74) is 3.10. The van der Waals surface area contributed by atoms with E-state index in [4.69, 9.17) is 0 Å². The van der Waals surface area contributed by atoms with Crippen molar-refractivity contribution in [3.63, 3.8) is 0 Å². The van der Waals surface area contributed by atoms with Crippen LogP contribution in [0.1, 0.15) is 53.1 Å². The molecule has 6 heteroatoms. The lowest BCUT2D eigenvalue weighted by Gasteiger charge is -2.40. The minimum atomic E-state index is -0.382. The zero-order valence-electron chi connectivity index (χ0n) is 19.3. The monoisotopic (exact) mass is 449 g/mol. The summed E-state index contributed by atoms with van der Waals surface area (Å²) in [5.74, 6) is 0.0156. The van der Waals surface area contributed by atoms with Gasteiger partial charge >= 0.3 is 0 Å². The van der Waals surface area contributed by atoms with Crippen molar-refractivity contribution in [2.75, 3.05) is 46.3 Å². The van der Waals surface area contributed by atoms with Crippen LogP contribution in [0.4, 0.5) is 4.39 Å². The van der Waals surface area contributed by atoms with Crippen LogP contribution in [0.5, 0.6) is 0 Å². The third kappa shape index (κ3) is 4.29. The quantitative estimate of drug-likeness (QED) is 0.719. The summed E-state index contributed by atoms with van der Waals surface area (Å²) in [5, 5.41) is 0. The number of carbonyl (C=O) groups is 2. The first kappa shape index (κ1) is 22.1. The third-order valence-electron chi connectivity index (χ3n) is 7.97. The number of halogens is 1. The van der Waals surface area contributed by atoms with E-state index in [1.165, 1.54) is 23.3 Å². The van der Waals surface area contributed by atoms with Gasteiger partial charge < -0.3 is 14.7 Å². The lowest BCUT2D eigenvalue weighted by Crippen LogP contribution is -2.47. The Balaban J connectivity index is 1.28. The van der Waals surface area contributed by atoms with Crippen LogP contribution < -0.4 is 0 Å². The highest BCUT2D eigenvalue weighted by atomic mass is 19.1. The molecular formula is C27H32FN3O2. The fourth-order valence-electron chi connectivity index (χ4n) is 6.02. The van der Waals surface area contributed by atoms with Crippen molar-refractivity contribution < 1.29 is 14.0 Å². The second-order valence-corrected chi connectivity index (χ2v) is 9.96. The summed E-state index contributed by atoms with van der Waals surface area (Å²) < 4.78 is 13.6. The Labute approximate surface area is 195 Å². The molecule has 2 aromatic carbocycles. The van der Waals surface area contributed by atoms with Gasteiger partial charge in [0.15, 0.2) is 0 Å². The van der Waals surface area contributed by atoms with E-state index >= 15 is 0 Å². The summed E-state index contributed by atoms with van der Waals surface area (Å²) in [6.45, 7) is 4.81. The molecule has 2 amide bonds. The first-order chi connectivity index (χ1) is 15.9. The van der Waals surface area contributed by atoms with Crippen LogP contribution in [0.3, 0.4) is 0 Å². The number of likely N-dealkylation sites (N-methyl/N-ethyl adjacent to an activating group) is 1. The van der Waals surface area contributed by atoms with Crippen LogP contribution in [0.25, 0.3) is 0 Å². The number of rotatable bonds is 3. The molecule has 2 saturated heterocycles.